The molecule has 0 aliphatic carbocycles. The van der Waals surface area contributed by atoms with E-state index in [4.69, 9.17) is 21.1 Å². The average Bonchev–Trinajstić information content (AvgIpc) is 2.58. The smallest absolute Gasteiger partial charge is 0.175 e. The maximum absolute atomic E-state index is 6.08. The second-order valence-corrected chi connectivity index (χ2v) is 10.5. The molecule has 2 aromatic carbocycles. The van der Waals surface area contributed by atoms with E-state index < -0.39 is 0 Å². The number of ether oxygens (including phenoxy) is 2. The highest BCUT2D eigenvalue weighted by Gasteiger charge is 2.25. The molecule has 0 aliphatic rings. The maximum atomic E-state index is 6.08. The van der Waals surface area contributed by atoms with Crippen molar-refractivity contribution in [3.8, 4) is 11.5 Å². The van der Waals surface area contributed by atoms with Crippen molar-refractivity contribution in [3.05, 3.63) is 57.0 Å². The Labute approximate surface area is 189 Å². The molecule has 160 valence electrons. The van der Waals surface area contributed by atoms with E-state index in [2.05, 4.69) is 68.0 Å². The molecule has 2 aromatic rings. The molecule has 0 radical (unpaired) electrons. The van der Waals surface area contributed by atoms with Crippen LogP contribution < -0.4 is 14.8 Å². The van der Waals surface area contributed by atoms with E-state index in [0.717, 1.165) is 34.3 Å². The summed E-state index contributed by atoms with van der Waals surface area (Å²) in [5.41, 5.74) is 2.48. The number of halogens is 2. The Morgan fingerprint density at radius 1 is 1.00 bits per heavy atom. The predicted octanol–water partition coefficient (Wildman–Crippen LogP) is 7.38. The molecule has 0 saturated heterocycles. The molecule has 0 spiro atoms. The molecular formula is C24H33BrClNO2. The summed E-state index contributed by atoms with van der Waals surface area (Å²) < 4.78 is 12.8. The summed E-state index contributed by atoms with van der Waals surface area (Å²) in [4.78, 5) is 0. The normalized spacial score (nSPS) is 12.1. The lowest BCUT2D eigenvalue weighted by Gasteiger charge is -2.33. The number of nitrogens with one attached hydrogen (secondary N) is 1. The van der Waals surface area contributed by atoms with Crippen LogP contribution in [-0.4, -0.2) is 12.1 Å². The van der Waals surface area contributed by atoms with Gasteiger partial charge in [0.2, 0.25) is 0 Å². The SMILES string of the molecule is CCOc1cc(CNC(C)(C)CC(C)(C)C)cc(Br)c1OCc1cccc(Cl)c1. The zero-order valence-corrected chi connectivity index (χ0v) is 20.7. The highest BCUT2D eigenvalue weighted by Crippen LogP contribution is 2.38. The zero-order valence-electron chi connectivity index (χ0n) is 18.4. The largest absolute Gasteiger partial charge is 0.490 e. The van der Waals surface area contributed by atoms with E-state index in [1.807, 2.05) is 31.2 Å². The molecule has 2 rings (SSSR count). The molecule has 5 heteroatoms. The first-order chi connectivity index (χ1) is 13.5. The first-order valence-corrected chi connectivity index (χ1v) is 11.2. The third-order valence-electron chi connectivity index (χ3n) is 4.38. The highest BCUT2D eigenvalue weighted by molar-refractivity contribution is 9.10. The molecule has 0 amide bonds. The van der Waals surface area contributed by atoms with Gasteiger partial charge in [-0.2, -0.15) is 0 Å². The van der Waals surface area contributed by atoms with E-state index in [9.17, 15) is 0 Å². The van der Waals surface area contributed by atoms with E-state index in [-0.39, 0.29) is 11.0 Å². The summed E-state index contributed by atoms with van der Waals surface area (Å²) in [5.74, 6) is 1.46. The van der Waals surface area contributed by atoms with Crippen LogP contribution in [0.3, 0.4) is 0 Å². The second-order valence-electron chi connectivity index (χ2n) is 9.23. The van der Waals surface area contributed by atoms with Crippen molar-refractivity contribution < 1.29 is 9.47 Å². The van der Waals surface area contributed by atoms with E-state index >= 15 is 0 Å². The topological polar surface area (TPSA) is 30.5 Å². The summed E-state index contributed by atoms with van der Waals surface area (Å²) in [5, 5.41) is 4.38. The Kier molecular flexibility index (Phi) is 8.45. The van der Waals surface area contributed by atoms with Gasteiger partial charge in [-0.25, -0.2) is 0 Å². The first kappa shape index (κ1) is 24.0. The number of rotatable bonds is 9. The molecule has 29 heavy (non-hydrogen) atoms. The molecule has 0 saturated carbocycles. The van der Waals surface area contributed by atoms with Gasteiger partial charge < -0.3 is 14.8 Å². The van der Waals surface area contributed by atoms with Crippen molar-refractivity contribution in [3.63, 3.8) is 0 Å². The summed E-state index contributed by atoms with van der Waals surface area (Å²) >= 11 is 9.74. The van der Waals surface area contributed by atoms with Crippen molar-refractivity contribution in [2.45, 2.75) is 66.7 Å². The minimum absolute atomic E-state index is 0.0399. The average molecular weight is 483 g/mol. The fraction of sp³-hybridized carbons (Fsp3) is 0.500. The Hall–Kier alpha value is -1.23. The second kappa shape index (κ2) is 10.2. The van der Waals surface area contributed by atoms with Crippen LogP contribution in [0.2, 0.25) is 5.02 Å². The lowest BCUT2D eigenvalue weighted by Crippen LogP contribution is -2.41. The van der Waals surface area contributed by atoms with Crippen LogP contribution in [-0.2, 0) is 13.2 Å². The van der Waals surface area contributed by atoms with E-state index in [1.165, 1.54) is 0 Å². The van der Waals surface area contributed by atoms with Gasteiger partial charge in [-0.15, -0.1) is 0 Å². The van der Waals surface area contributed by atoms with Gasteiger partial charge in [0, 0.05) is 17.1 Å². The van der Waals surface area contributed by atoms with Crippen LogP contribution in [0.15, 0.2) is 40.9 Å². The van der Waals surface area contributed by atoms with Gasteiger partial charge in [-0.1, -0.05) is 44.5 Å². The minimum atomic E-state index is 0.0399. The van der Waals surface area contributed by atoms with Gasteiger partial charge in [-0.3, -0.25) is 0 Å². The van der Waals surface area contributed by atoms with Gasteiger partial charge in [0.15, 0.2) is 11.5 Å². The van der Waals surface area contributed by atoms with E-state index in [0.29, 0.717) is 24.0 Å². The lowest BCUT2D eigenvalue weighted by atomic mass is 9.82. The van der Waals surface area contributed by atoms with Gasteiger partial charge in [0.05, 0.1) is 11.1 Å². The first-order valence-electron chi connectivity index (χ1n) is 10.1. The molecule has 0 atom stereocenters. The van der Waals surface area contributed by atoms with Crippen molar-refractivity contribution in [2.75, 3.05) is 6.61 Å². The van der Waals surface area contributed by atoms with Crippen LogP contribution >= 0.6 is 27.5 Å². The summed E-state index contributed by atoms with van der Waals surface area (Å²) in [6.07, 6.45) is 1.08. The van der Waals surface area contributed by atoms with Crippen LogP contribution in [0.25, 0.3) is 0 Å². The number of benzene rings is 2. The van der Waals surface area contributed by atoms with Gasteiger partial charge in [0.25, 0.3) is 0 Å². The molecule has 0 aliphatic heterocycles. The molecule has 1 N–H and O–H groups in total. The van der Waals surface area contributed by atoms with Crippen LogP contribution in [0.1, 0.15) is 59.1 Å². The van der Waals surface area contributed by atoms with E-state index in [1.54, 1.807) is 0 Å². The Balaban J connectivity index is 2.14. The molecule has 0 bridgehead atoms. The minimum Gasteiger partial charge on any atom is -0.490 e. The Morgan fingerprint density at radius 2 is 1.72 bits per heavy atom. The molecule has 0 fully saturated rings. The molecule has 0 heterocycles. The van der Waals surface area contributed by atoms with Crippen molar-refractivity contribution in [1.82, 2.24) is 5.32 Å². The van der Waals surface area contributed by atoms with Crippen molar-refractivity contribution >= 4 is 27.5 Å². The Morgan fingerprint density at radius 3 is 2.34 bits per heavy atom. The standard InChI is InChI=1S/C24H33BrClNO2/c1-7-28-21-13-18(14-27-24(5,6)16-23(2,3)4)12-20(25)22(21)29-15-17-9-8-10-19(26)11-17/h8-13,27H,7,14-16H2,1-6H3. The van der Waals surface area contributed by atoms with Crippen molar-refractivity contribution in [2.24, 2.45) is 5.41 Å². The van der Waals surface area contributed by atoms with Crippen LogP contribution in [0.4, 0.5) is 0 Å². The quantitative estimate of drug-likeness (QED) is 0.404. The summed E-state index contributed by atoms with van der Waals surface area (Å²) in [6.45, 7) is 15.0. The molecule has 0 aromatic heterocycles. The number of hydrogen-bond acceptors (Lipinski definition) is 3. The lowest BCUT2D eigenvalue weighted by molar-refractivity contribution is 0.240. The number of hydrogen-bond donors (Lipinski definition) is 1. The highest BCUT2D eigenvalue weighted by atomic mass is 79.9. The molecular weight excluding hydrogens is 450 g/mol. The summed E-state index contributed by atoms with van der Waals surface area (Å²) in [7, 11) is 0. The monoisotopic (exact) mass is 481 g/mol. The van der Waals surface area contributed by atoms with Crippen LogP contribution in [0.5, 0.6) is 11.5 Å². The molecule has 3 nitrogen and oxygen atoms in total. The fourth-order valence-corrected chi connectivity index (χ4v) is 4.46. The molecule has 0 unspecified atom stereocenters. The van der Waals surface area contributed by atoms with Crippen LogP contribution in [0, 0.1) is 5.41 Å². The van der Waals surface area contributed by atoms with Crippen molar-refractivity contribution in [1.29, 1.82) is 0 Å². The Bertz CT molecular complexity index is 815. The van der Waals surface area contributed by atoms with Gasteiger partial charge >= 0.3 is 0 Å². The van der Waals surface area contributed by atoms with Gasteiger partial charge in [-0.05, 0) is 83.9 Å². The fourth-order valence-electron chi connectivity index (χ4n) is 3.64. The maximum Gasteiger partial charge on any atom is 0.175 e. The zero-order chi connectivity index (χ0) is 21.7. The third kappa shape index (κ3) is 8.19. The predicted molar refractivity (Wildman–Crippen MR) is 126 cm³/mol. The van der Waals surface area contributed by atoms with Gasteiger partial charge in [0.1, 0.15) is 6.61 Å². The summed E-state index contributed by atoms with van der Waals surface area (Å²) in [6, 6.07) is 11.8. The third-order valence-corrected chi connectivity index (χ3v) is 5.21.